The summed E-state index contributed by atoms with van der Waals surface area (Å²) in [5.74, 6) is -1.39. The van der Waals surface area contributed by atoms with Gasteiger partial charge in [-0.15, -0.1) is 0 Å². The number of hydrogen-bond acceptors (Lipinski definition) is 3. The Morgan fingerprint density at radius 2 is 1.90 bits per heavy atom. The van der Waals surface area contributed by atoms with E-state index in [2.05, 4.69) is 10.6 Å². The number of carbonyl (C=O) groups excluding carboxylic acids is 2. The molecule has 0 saturated carbocycles. The Kier molecular flexibility index (Phi) is 4.77. The van der Waals surface area contributed by atoms with Gasteiger partial charge < -0.3 is 10.6 Å². The number of fused-ring (bicyclic) bond motifs is 1. The third-order valence-electron chi connectivity index (χ3n) is 5.05. The first kappa shape index (κ1) is 19.4. The smallest absolute Gasteiger partial charge is 0.348 e. The quantitative estimate of drug-likeness (QED) is 0.770. The van der Waals surface area contributed by atoms with E-state index in [1.165, 1.54) is 0 Å². The van der Waals surface area contributed by atoms with Gasteiger partial charge in [0, 0.05) is 25.2 Å². The van der Waals surface area contributed by atoms with Crippen LogP contribution in [0.1, 0.15) is 38.7 Å². The van der Waals surface area contributed by atoms with Crippen LogP contribution in [0.4, 0.5) is 17.6 Å². The minimum absolute atomic E-state index is 0.000648. The minimum Gasteiger partial charge on any atom is -0.348 e. The molecule has 0 radical (unpaired) electrons. The highest BCUT2D eigenvalue weighted by Crippen LogP contribution is 2.31. The number of benzene rings is 2. The van der Waals surface area contributed by atoms with Crippen LogP contribution in [0.25, 0.3) is 0 Å². The molecular weight excluding hydrogens is 390 g/mol. The molecule has 0 aromatic heterocycles. The molecule has 2 aromatic carbocycles. The summed E-state index contributed by atoms with van der Waals surface area (Å²) in [4.78, 5) is 25.5. The molecule has 2 N–H and O–H groups in total. The van der Waals surface area contributed by atoms with Gasteiger partial charge in [0.25, 0.3) is 5.91 Å². The highest BCUT2D eigenvalue weighted by Gasteiger charge is 2.32. The Labute approximate surface area is 163 Å². The Bertz CT molecular complexity index is 990. The van der Waals surface area contributed by atoms with Crippen LogP contribution in [0.5, 0.6) is 0 Å². The fraction of sp³-hybridized carbons (Fsp3) is 0.300. The van der Waals surface area contributed by atoms with Gasteiger partial charge in [0.1, 0.15) is 5.82 Å². The second kappa shape index (κ2) is 7.14. The first-order valence-electron chi connectivity index (χ1n) is 8.98. The van der Waals surface area contributed by atoms with Crippen LogP contribution in [0.3, 0.4) is 0 Å². The molecule has 1 atom stereocenters. The Balaban J connectivity index is 1.54. The van der Waals surface area contributed by atoms with Crippen molar-refractivity contribution in [3.05, 3.63) is 70.0 Å². The molecule has 1 fully saturated rings. The van der Waals surface area contributed by atoms with Gasteiger partial charge >= 0.3 is 6.18 Å². The number of carbonyl (C=O) groups is 2. The van der Waals surface area contributed by atoms with Crippen LogP contribution < -0.4 is 10.6 Å². The summed E-state index contributed by atoms with van der Waals surface area (Å²) < 4.78 is 52.5. The highest BCUT2D eigenvalue weighted by atomic mass is 19.4. The van der Waals surface area contributed by atoms with E-state index in [1.54, 1.807) is 17.0 Å². The predicted molar refractivity (Wildman–Crippen MR) is 95.2 cm³/mol. The molecule has 0 aliphatic carbocycles. The molecular formula is C20H17F4N3O2. The topological polar surface area (TPSA) is 61.4 Å². The summed E-state index contributed by atoms with van der Waals surface area (Å²) in [5, 5.41) is 5.58. The number of rotatable bonds is 3. The summed E-state index contributed by atoms with van der Waals surface area (Å²) in [6.07, 6.45) is -4.64. The zero-order valence-electron chi connectivity index (χ0n) is 15.1. The standard InChI is InChI=1S/C20H17F4N3O2/c21-15-4-11(3-14(6-15)20(22,23)24)8-27-9-17(26-18(28)10-27)12-1-2-16-13(5-12)7-25-19(16)29/h1-6,17H,7-10H2,(H,25,29)(H,26,28)/t17-/m1/s1. The van der Waals surface area contributed by atoms with Gasteiger partial charge in [-0.1, -0.05) is 12.1 Å². The average molecular weight is 407 g/mol. The van der Waals surface area contributed by atoms with E-state index in [0.29, 0.717) is 24.7 Å². The average Bonchev–Trinajstić information content (AvgIpc) is 3.00. The molecule has 2 amide bonds. The monoisotopic (exact) mass is 407 g/mol. The van der Waals surface area contributed by atoms with Crippen molar-refractivity contribution in [3.63, 3.8) is 0 Å². The maximum atomic E-state index is 13.7. The second-order valence-electron chi connectivity index (χ2n) is 7.23. The summed E-state index contributed by atoms with van der Waals surface area (Å²) in [6.45, 7) is 0.773. The summed E-state index contributed by atoms with van der Waals surface area (Å²) in [5.41, 5.74) is 1.32. The maximum Gasteiger partial charge on any atom is 0.416 e. The van der Waals surface area contributed by atoms with Crippen LogP contribution in [-0.2, 0) is 24.1 Å². The van der Waals surface area contributed by atoms with E-state index in [9.17, 15) is 27.2 Å². The molecule has 2 aliphatic heterocycles. The minimum atomic E-state index is -4.64. The van der Waals surface area contributed by atoms with Crippen molar-refractivity contribution in [2.45, 2.75) is 25.3 Å². The summed E-state index contributed by atoms with van der Waals surface area (Å²) in [6, 6.07) is 7.30. The molecule has 9 heteroatoms. The van der Waals surface area contributed by atoms with Gasteiger partial charge in [-0.25, -0.2) is 4.39 Å². The number of hydrogen-bond donors (Lipinski definition) is 2. The van der Waals surface area contributed by atoms with Crippen molar-refractivity contribution in [2.75, 3.05) is 13.1 Å². The SMILES string of the molecule is O=C1CN(Cc2cc(F)cc(C(F)(F)F)c2)C[C@H](c2ccc3c(c2)CNC3=O)N1. The lowest BCUT2D eigenvalue weighted by molar-refractivity contribution is -0.138. The summed E-state index contributed by atoms with van der Waals surface area (Å²) >= 11 is 0. The molecule has 1 saturated heterocycles. The normalized spacial score (nSPS) is 19.7. The number of nitrogens with zero attached hydrogens (tertiary/aromatic N) is 1. The van der Waals surface area contributed by atoms with Gasteiger partial charge in [-0.3, -0.25) is 14.5 Å². The lowest BCUT2D eigenvalue weighted by atomic mass is 9.99. The van der Waals surface area contributed by atoms with E-state index in [1.807, 2.05) is 6.07 Å². The Morgan fingerprint density at radius 1 is 1.10 bits per heavy atom. The van der Waals surface area contributed by atoms with E-state index < -0.39 is 17.6 Å². The van der Waals surface area contributed by atoms with E-state index in [0.717, 1.165) is 23.3 Å². The first-order valence-corrected chi connectivity index (χ1v) is 8.98. The molecule has 0 bridgehead atoms. The molecule has 2 heterocycles. The zero-order chi connectivity index (χ0) is 20.8. The largest absolute Gasteiger partial charge is 0.416 e. The molecule has 29 heavy (non-hydrogen) atoms. The zero-order valence-corrected chi connectivity index (χ0v) is 15.1. The lowest BCUT2D eigenvalue weighted by Gasteiger charge is -2.33. The predicted octanol–water partition coefficient (Wildman–Crippen LogP) is 2.76. The van der Waals surface area contributed by atoms with Crippen LogP contribution in [0.15, 0.2) is 36.4 Å². The van der Waals surface area contributed by atoms with Crippen molar-refractivity contribution in [1.29, 1.82) is 0 Å². The molecule has 5 nitrogen and oxygen atoms in total. The Morgan fingerprint density at radius 3 is 2.66 bits per heavy atom. The lowest BCUT2D eigenvalue weighted by Crippen LogP contribution is -2.49. The third kappa shape index (κ3) is 4.09. The Hall–Kier alpha value is -2.94. The van der Waals surface area contributed by atoms with Gasteiger partial charge in [0.15, 0.2) is 0 Å². The van der Waals surface area contributed by atoms with Crippen LogP contribution in [-0.4, -0.2) is 29.8 Å². The van der Waals surface area contributed by atoms with Crippen molar-refractivity contribution in [2.24, 2.45) is 0 Å². The molecule has 2 aliphatic rings. The van der Waals surface area contributed by atoms with Gasteiger partial charge in [-0.2, -0.15) is 13.2 Å². The maximum absolute atomic E-state index is 13.7. The van der Waals surface area contributed by atoms with Crippen LogP contribution >= 0.6 is 0 Å². The molecule has 0 unspecified atom stereocenters. The fourth-order valence-electron chi connectivity index (χ4n) is 3.75. The molecule has 2 aromatic rings. The van der Waals surface area contributed by atoms with E-state index >= 15 is 0 Å². The molecule has 4 rings (SSSR count). The van der Waals surface area contributed by atoms with Gasteiger partial charge in [0.05, 0.1) is 18.2 Å². The first-order chi connectivity index (χ1) is 13.7. The van der Waals surface area contributed by atoms with E-state index in [-0.39, 0.29) is 36.5 Å². The number of halogens is 4. The van der Waals surface area contributed by atoms with Gasteiger partial charge in [0.2, 0.25) is 5.91 Å². The third-order valence-corrected chi connectivity index (χ3v) is 5.05. The highest BCUT2D eigenvalue weighted by molar-refractivity contribution is 5.98. The second-order valence-corrected chi connectivity index (χ2v) is 7.23. The van der Waals surface area contributed by atoms with Crippen molar-refractivity contribution in [1.82, 2.24) is 15.5 Å². The molecule has 0 spiro atoms. The number of nitrogens with one attached hydrogen (secondary N) is 2. The van der Waals surface area contributed by atoms with Crippen LogP contribution in [0.2, 0.25) is 0 Å². The fourth-order valence-corrected chi connectivity index (χ4v) is 3.75. The van der Waals surface area contributed by atoms with E-state index in [4.69, 9.17) is 0 Å². The van der Waals surface area contributed by atoms with Crippen molar-refractivity contribution in [3.8, 4) is 0 Å². The number of amides is 2. The van der Waals surface area contributed by atoms with Crippen LogP contribution in [0, 0.1) is 5.82 Å². The molecule has 152 valence electrons. The summed E-state index contributed by atoms with van der Waals surface area (Å²) in [7, 11) is 0. The number of alkyl halides is 3. The number of piperazine rings is 1. The van der Waals surface area contributed by atoms with Gasteiger partial charge in [-0.05, 0) is 41.0 Å². The van der Waals surface area contributed by atoms with Crippen molar-refractivity contribution < 1.29 is 27.2 Å². The van der Waals surface area contributed by atoms with Crippen molar-refractivity contribution >= 4 is 11.8 Å².